The minimum atomic E-state index is -0.165. The monoisotopic (exact) mass is 192 g/mol. The molecule has 1 heterocycles. The molecule has 0 bridgehead atoms. The Morgan fingerprint density at radius 1 is 1.43 bits per heavy atom. The zero-order valence-electron chi connectivity index (χ0n) is 8.34. The van der Waals surface area contributed by atoms with Gasteiger partial charge in [-0.2, -0.15) is 0 Å². The van der Waals surface area contributed by atoms with Crippen LogP contribution in [-0.4, -0.2) is 4.57 Å². The molecule has 1 aromatic heterocycles. The molecule has 0 radical (unpaired) electrons. The molecule has 0 aliphatic rings. The molecule has 3 heteroatoms. The maximum atomic E-state index is 13.3. The van der Waals surface area contributed by atoms with Gasteiger partial charge in [0.15, 0.2) is 0 Å². The van der Waals surface area contributed by atoms with Crippen molar-refractivity contribution in [3.05, 3.63) is 35.3 Å². The number of aryl methyl sites for hydroxylation is 2. The molecular formula is C11H13FN2. The summed E-state index contributed by atoms with van der Waals surface area (Å²) in [5, 5.41) is 1.05. The lowest BCUT2D eigenvalue weighted by molar-refractivity contribution is 0.619. The fourth-order valence-corrected chi connectivity index (χ4v) is 1.76. The first-order valence-electron chi connectivity index (χ1n) is 4.57. The Kier molecular flexibility index (Phi) is 2.04. The molecule has 74 valence electrons. The molecule has 2 N–H and O–H groups in total. The van der Waals surface area contributed by atoms with E-state index < -0.39 is 0 Å². The van der Waals surface area contributed by atoms with Crippen molar-refractivity contribution in [2.45, 2.75) is 13.5 Å². The summed E-state index contributed by atoms with van der Waals surface area (Å²) < 4.78 is 15.2. The van der Waals surface area contributed by atoms with Crippen LogP contribution in [0.15, 0.2) is 18.3 Å². The van der Waals surface area contributed by atoms with Crippen LogP contribution >= 0.6 is 0 Å². The molecule has 0 saturated heterocycles. The first-order valence-corrected chi connectivity index (χ1v) is 4.57. The molecule has 0 unspecified atom stereocenters. The van der Waals surface area contributed by atoms with E-state index in [2.05, 4.69) is 0 Å². The summed E-state index contributed by atoms with van der Waals surface area (Å²) in [5.41, 5.74) is 8.23. The molecule has 0 atom stereocenters. The van der Waals surface area contributed by atoms with Crippen LogP contribution in [0.5, 0.6) is 0 Å². The Hall–Kier alpha value is -1.35. The Morgan fingerprint density at radius 3 is 2.79 bits per heavy atom. The van der Waals surface area contributed by atoms with Crippen molar-refractivity contribution >= 4 is 10.9 Å². The Balaban J connectivity index is 2.84. The third-order valence-electron chi connectivity index (χ3n) is 2.57. The van der Waals surface area contributed by atoms with Crippen LogP contribution in [-0.2, 0) is 13.6 Å². The fraction of sp³-hybridized carbons (Fsp3) is 0.273. The smallest absolute Gasteiger partial charge is 0.128 e. The van der Waals surface area contributed by atoms with E-state index in [1.165, 1.54) is 0 Å². The molecule has 0 saturated carbocycles. The number of hydrogen-bond acceptors (Lipinski definition) is 1. The van der Waals surface area contributed by atoms with Gasteiger partial charge < -0.3 is 10.3 Å². The normalized spacial score (nSPS) is 11.1. The lowest BCUT2D eigenvalue weighted by atomic mass is 10.1. The minimum Gasteiger partial charge on any atom is -0.350 e. The van der Waals surface area contributed by atoms with Gasteiger partial charge in [-0.1, -0.05) is 0 Å². The predicted octanol–water partition coefficient (Wildman–Crippen LogP) is 2.08. The number of nitrogens with zero attached hydrogens (tertiary/aromatic N) is 1. The molecule has 14 heavy (non-hydrogen) atoms. The van der Waals surface area contributed by atoms with E-state index in [0.29, 0.717) is 12.1 Å². The summed E-state index contributed by atoms with van der Waals surface area (Å²) in [4.78, 5) is 0. The van der Waals surface area contributed by atoms with Crippen LogP contribution in [0.2, 0.25) is 0 Å². The fourth-order valence-electron chi connectivity index (χ4n) is 1.76. The maximum absolute atomic E-state index is 13.3. The van der Waals surface area contributed by atoms with Crippen molar-refractivity contribution in [1.29, 1.82) is 0 Å². The van der Waals surface area contributed by atoms with Gasteiger partial charge in [0.05, 0.1) is 5.52 Å². The molecule has 1 aromatic carbocycles. The van der Waals surface area contributed by atoms with Crippen LogP contribution in [0.4, 0.5) is 4.39 Å². The van der Waals surface area contributed by atoms with Gasteiger partial charge in [0, 0.05) is 25.2 Å². The molecule has 0 aliphatic heterocycles. The van der Waals surface area contributed by atoms with E-state index in [9.17, 15) is 4.39 Å². The van der Waals surface area contributed by atoms with Gasteiger partial charge in [-0.05, 0) is 30.2 Å². The lowest BCUT2D eigenvalue weighted by Crippen LogP contribution is -1.94. The van der Waals surface area contributed by atoms with Crippen molar-refractivity contribution in [1.82, 2.24) is 4.57 Å². The van der Waals surface area contributed by atoms with Gasteiger partial charge in [-0.15, -0.1) is 0 Å². The van der Waals surface area contributed by atoms with Crippen LogP contribution < -0.4 is 5.73 Å². The SMILES string of the molecule is Cc1cc2c(CN)cn(C)c2cc1F. The molecular weight excluding hydrogens is 179 g/mol. The van der Waals surface area contributed by atoms with E-state index in [1.54, 1.807) is 13.0 Å². The van der Waals surface area contributed by atoms with Crippen LogP contribution in [0.25, 0.3) is 10.9 Å². The summed E-state index contributed by atoms with van der Waals surface area (Å²) in [5.74, 6) is -0.165. The van der Waals surface area contributed by atoms with E-state index in [-0.39, 0.29) is 5.82 Å². The average molecular weight is 192 g/mol. The quantitative estimate of drug-likeness (QED) is 0.736. The number of fused-ring (bicyclic) bond motifs is 1. The number of benzene rings is 1. The van der Waals surface area contributed by atoms with E-state index in [0.717, 1.165) is 16.5 Å². The molecule has 0 amide bonds. The summed E-state index contributed by atoms with van der Waals surface area (Å²) in [7, 11) is 1.90. The standard InChI is InChI=1S/C11H13FN2/c1-7-3-9-8(5-13)6-14(2)11(9)4-10(7)12/h3-4,6H,5,13H2,1-2H3. The number of aromatic nitrogens is 1. The molecule has 0 fully saturated rings. The largest absolute Gasteiger partial charge is 0.350 e. The third kappa shape index (κ3) is 1.21. The van der Waals surface area contributed by atoms with Gasteiger partial charge in [-0.25, -0.2) is 4.39 Å². The molecule has 0 aliphatic carbocycles. The van der Waals surface area contributed by atoms with Crippen molar-refractivity contribution in [2.75, 3.05) is 0 Å². The lowest BCUT2D eigenvalue weighted by Gasteiger charge is -1.99. The summed E-state index contributed by atoms with van der Waals surface area (Å²) in [6.07, 6.45) is 1.95. The zero-order valence-corrected chi connectivity index (χ0v) is 8.34. The van der Waals surface area contributed by atoms with Gasteiger partial charge in [0.2, 0.25) is 0 Å². The van der Waals surface area contributed by atoms with Gasteiger partial charge in [0.25, 0.3) is 0 Å². The second kappa shape index (κ2) is 3.10. The predicted molar refractivity (Wildman–Crippen MR) is 55.5 cm³/mol. The first kappa shape index (κ1) is 9.21. The van der Waals surface area contributed by atoms with Gasteiger partial charge in [0.1, 0.15) is 5.82 Å². The number of halogens is 1. The van der Waals surface area contributed by atoms with E-state index in [1.807, 2.05) is 23.9 Å². The van der Waals surface area contributed by atoms with Crippen molar-refractivity contribution in [3.8, 4) is 0 Å². The number of nitrogens with two attached hydrogens (primary N) is 1. The molecule has 0 spiro atoms. The van der Waals surface area contributed by atoms with E-state index in [4.69, 9.17) is 5.73 Å². The maximum Gasteiger partial charge on any atom is 0.128 e. The topological polar surface area (TPSA) is 30.9 Å². The average Bonchev–Trinajstić information content (AvgIpc) is 2.45. The highest BCUT2D eigenvalue weighted by Gasteiger charge is 2.08. The van der Waals surface area contributed by atoms with Crippen molar-refractivity contribution in [3.63, 3.8) is 0 Å². The Morgan fingerprint density at radius 2 is 2.14 bits per heavy atom. The number of rotatable bonds is 1. The molecule has 2 nitrogen and oxygen atoms in total. The second-order valence-corrected chi connectivity index (χ2v) is 3.59. The Bertz CT molecular complexity index is 485. The Labute approximate surface area is 82.1 Å². The van der Waals surface area contributed by atoms with E-state index >= 15 is 0 Å². The summed E-state index contributed by atoms with van der Waals surface area (Å²) in [6, 6.07) is 3.41. The van der Waals surface area contributed by atoms with Crippen LogP contribution in [0.3, 0.4) is 0 Å². The third-order valence-corrected chi connectivity index (χ3v) is 2.57. The second-order valence-electron chi connectivity index (χ2n) is 3.59. The van der Waals surface area contributed by atoms with Gasteiger partial charge in [-0.3, -0.25) is 0 Å². The van der Waals surface area contributed by atoms with Crippen molar-refractivity contribution < 1.29 is 4.39 Å². The first-order chi connectivity index (χ1) is 6.63. The highest BCUT2D eigenvalue weighted by atomic mass is 19.1. The minimum absolute atomic E-state index is 0.165. The molecule has 2 aromatic rings. The highest BCUT2D eigenvalue weighted by molar-refractivity contribution is 5.84. The van der Waals surface area contributed by atoms with Crippen molar-refractivity contribution in [2.24, 2.45) is 12.8 Å². The van der Waals surface area contributed by atoms with Crippen LogP contribution in [0.1, 0.15) is 11.1 Å². The summed E-state index contributed by atoms with van der Waals surface area (Å²) >= 11 is 0. The van der Waals surface area contributed by atoms with Gasteiger partial charge >= 0.3 is 0 Å². The zero-order chi connectivity index (χ0) is 10.3. The molecule has 2 rings (SSSR count). The summed E-state index contributed by atoms with van der Waals surface area (Å²) in [6.45, 7) is 2.25. The highest BCUT2D eigenvalue weighted by Crippen LogP contribution is 2.23. The van der Waals surface area contributed by atoms with Crippen LogP contribution in [0, 0.1) is 12.7 Å². The number of hydrogen-bond donors (Lipinski definition) is 1.